The number of hydrogen-bond acceptors (Lipinski definition) is 3. The molecule has 0 radical (unpaired) electrons. The van der Waals surface area contributed by atoms with Gasteiger partial charge in [0.2, 0.25) is 0 Å². The van der Waals surface area contributed by atoms with E-state index in [2.05, 4.69) is 12.4 Å². The highest BCUT2D eigenvalue weighted by atomic mass is 16.7. The molecule has 86 valence electrons. The van der Waals surface area contributed by atoms with E-state index in [0.717, 1.165) is 18.5 Å². The number of anilines is 1. The predicted octanol–water partition coefficient (Wildman–Crippen LogP) is 2.79. The largest absolute Gasteiger partial charge is 0.297 e. The molecule has 3 nitrogen and oxygen atoms in total. The van der Waals surface area contributed by atoms with Gasteiger partial charge in [-0.25, -0.2) is 0 Å². The molecule has 1 saturated carbocycles. The monoisotopic (exact) mass is 219 g/mol. The first kappa shape index (κ1) is 11.1. The molecular formula is C13H17NO2. The van der Waals surface area contributed by atoms with E-state index in [1.54, 1.807) is 0 Å². The van der Waals surface area contributed by atoms with Gasteiger partial charge in [0.05, 0.1) is 5.69 Å². The van der Waals surface area contributed by atoms with Crippen LogP contribution in [0.2, 0.25) is 0 Å². The fraction of sp³-hybridized carbons (Fsp3) is 0.462. The highest BCUT2D eigenvalue weighted by Crippen LogP contribution is 2.23. The van der Waals surface area contributed by atoms with Gasteiger partial charge in [0.25, 0.3) is 0 Å². The minimum absolute atomic E-state index is 0.210. The first-order valence-electron chi connectivity index (χ1n) is 5.75. The van der Waals surface area contributed by atoms with Crippen molar-refractivity contribution in [1.29, 1.82) is 0 Å². The molecule has 0 aliphatic heterocycles. The Bertz CT molecular complexity index is 350. The van der Waals surface area contributed by atoms with Crippen molar-refractivity contribution in [2.75, 3.05) is 5.48 Å². The average Bonchev–Trinajstić information content (AvgIpc) is 2.29. The Morgan fingerprint density at radius 2 is 2.00 bits per heavy atom. The van der Waals surface area contributed by atoms with E-state index in [9.17, 15) is 4.79 Å². The molecule has 0 spiro atoms. The Labute approximate surface area is 95.8 Å². The topological polar surface area (TPSA) is 38.3 Å². The molecule has 2 atom stereocenters. The first-order valence-corrected chi connectivity index (χ1v) is 5.75. The van der Waals surface area contributed by atoms with E-state index in [4.69, 9.17) is 4.84 Å². The van der Waals surface area contributed by atoms with Gasteiger partial charge >= 0.3 is 0 Å². The molecule has 1 aliphatic rings. The van der Waals surface area contributed by atoms with Crippen LogP contribution >= 0.6 is 0 Å². The zero-order valence-electron chi connectivity index (χ0n) is 9.48. The average molecular weight is 219 g/mol. The van der Waals surface area contributed by atoms with Gasteiger partial charge in [-0.3, -0.25) is 15.1 Å². The standard InChI is InChI=1S/C13H17NO2/c1-10-7-8-13(12(15)9-10)16-14-11-5-3-2-4-6-11/h2-6,10,13-14H,7-9H2,1H3/t10-,13-/m1/s1. The maximum atomic E-state index is 11.7. The van der Waals surface area contributed by atoms with E-state index < -0.39 is 0 Å². The molecule has 1 aromatic carbocycles. The van der Waals surface area contributed by atoms with Gasteiger partial charge in [-0.05, 0) is 30.9 Å². The highest BCUT2D eigenvalue weighted by molar-refractivity contribution is 5.84. The van der Waals surface area contributed by atoms with Gasteiger partial charge in [-0.15, -0.1) is 0 Å². The quantitative estimate of drug-likeness (QED) is 0.794. The summed E-state index contributed by atoms with van der Waals surface area (Å²) in [5.41, 5.74) is 3.72. The van der Waals surface area contributed by atoms with Gasteiger partial charge in [0.15, 0.2) is 5.78 Å². The molecule has 16 heavy (non-hydrogen) atoms. The molecule has 3 heteroatoms. The predicted molar refractivity (Wildman–Crippen MR) is 63.0 cm³/mol. The van der Waals surface area contributed by atoms with Crippen LogP contribution in [0.3, 0.4) is 0 Å². The summed E-state index contributed by atoms with van der Waals surface area (Å²) in [5, 5.41) is 0. The summed E-state index contributed by atoms with van der Waals surface area (Å²) in [6.45, 7) is 2.11. The van der Waals surface area contributed by atoms with Crippen LogP contribution in [0.1, 0.15) is 26.2 Å². The molecular weight excluding hydrogens is 202 g/mol. The Kier molecular flexibility index (Phi) is 3.57. The summed E-state index contributed by atoms with van der Waals surface area (Å²) in [5.74, 6) is 0.714. The van der Waals surface area contributed by atoms with Crippen molar-refractivity contribution < 1.29 is 9.63 Å². The number of benzene rings is 1. The Balaban J connectivity index is 1.84. The van der Waals surface area contributed by atoms with Crippen molar-refractivity contribution in [2.45, 2.75) is 32.3 Å². The fourth-order valence-corrected chi connectivity index (χ4v) is 1.94. The maximum absolute atomic E-state index is 11.7. The highest BCUT2D eigenvalue weighted by Gasteiger charge is 2.27. The third-order valence-corrected chi connectivity index (χ3v) is 2.92. The Morgan fingerprint density at radius 3 is 2.69 bits per heavy atom. The molecule has 0 aromatic heterocycles. The Hall–Kier alpha value is -1.35. The van der Waals surface area contributed by atoms with Gasteiger partial charge in [-0.1, -0.05) is 25.1 Å². The van der Waals surface area contributed by atoms with Crippen LogP contribution in [-0.4, -0.2) is 11.9 Å². The molecule has 1 aromatic rings. The molecule has 2 rings (SSSR count). The van der Waals surface area contributed by atoms with Crippen molar-refractivity contribution in [1.82, 2.24) is 0 Å². The summed E-state index contributed by atoms with van der Waals surface area (Å²) in [6.07, 6.45) is 2.24. The Morgan fingerprint density at radius 1 is 1.25 bits per heavy atom. The van der Waals surface area contributed by atoms with Gasteiger partial charge in [0, 0.05) is 6.42 Å². The summed E-state index contributed by atoms with van der Waals surface area (Å²) in [4.78, 5) is 17.1. The molecule has 1 N–H and O–H groups in total. The van der Waals surface area contributed by atoms with Crippen molar-refractivity contribution in [3.8, 4) is 0 Å². The van der Waals surface area contributed by atoms with Gasteiger partial charge < -0.3 is 0 Å². The van der Waals surface area contributed by atoms with E-state index in [-0.39, 0.29) is 11.9 Å². The smallest absolute Gasteiger partial charge is 0.164 e. The molecule has 0 saturated heterocycles. The molecule has 0 heterocycles. The number of ketones is 1. The first-order chi connectivity index (χ1) is 7.75. The van der Waals surface area contributed by atoms with E-state index in [1.165, 1.54) is 0 Å². The van der Waals surface area contributed by atoms with Gasteiger partial charge in [0.1, 0.15) is 6.10 Å². The molecule has 1 aliphatic carbocycles. The lowest BCUT2D eigenvalue weighted by atomic mass is 9.88. The third kappa shape index (κ3) is 2.83. The molecule has 0 unspecified atom stereocenters. The molecule has 0 bridgehead atoms. The number of carbonyl (C=O) groups is 1. The van der Waals surface area contributed by atoms with Crippen LogP contribution in [0.5, 0.6) is 0 Å². The number of para-hydroxylation sites is 1. The van der Waals surface area contributed by atoms with Crippen LogP contribution in [0.25, 0.3) is 0 Å². The van der Waals surface area contributed by atoms with Crippen LogP contribution in [-0.2, 0) is 9.63 Å². The summed E-state index contributed by atoms with van der Waals surface area (Å²) < 4.78 is 0. The van der Waals surface area contributed by atoms with Crippen LogP contribution < -0.4 is 5.48 Å². The van der Waals surface area contributed by atoms with Gasteiger partial charge in [-0.2, -0.15) is 0 Å². The summed E-state index contributed by atoms with van der Waals surface area (Å²) in [6, 6.07) is 9.62. The van der Waals surface area contributed by atoms with Crippen molar-refractivity contribution in [3.05, 3.63) is 30.3 Å². The SMILES string of the molecule is C[C@@H]1CC[C@@H](ONc2ccccc2)C(=O)C1. The number of Topliss-reactive ketones (excluding diaryl/α,β-unsaturated/α-hetero) is 1. The van der Waals surface area contributed by atoms with Crippen molar-refractivity contribution >= 4 is 11.5 Å². The number of carbonyl (C=O) groups excluding carboxylic acids is 1. The lowest BCUT2D eigenvalue weighted by Crippen LogP contribution is -2.32. The molecule has 0 amide bonds. The summed E-state index contributed by atoms with van der Waals surface area (Å²) in [7, 11) is 0. The minimum Gasteiger partial charge on any atom is -0.297 e. The lowest BCUT2D eigenvalue weighted by molar-refractivity contribution is -0.132. The zero-order valence-corrected chi connectivity index (χ0v) is 9.48. The van der Waals surface area contributed by atoms with E-state index >= 15 is 0 Å². The normalized spacial score (nSPS) is 25.4. The van der Waals surface area contributed by atoms with Crippen LogP contribution in [0.4, 0.5) is 5.69 Å². The second-order valence-corrected chi connectivity index (χ2v) is 4.43. The van der Waals surface area contributed by atoms with Crippen molar-refractivity contribution in [2.24, 2.45) is 5.92 Å². The third-order valence-electron chi connectivity index (χ3n) is 2.92. The number of rotatable bonds is 3. The zero-order chi connectivity index (χ0) is 11.4. The summed E-state index contributed by atoms with van der Waals surface area (Å²) >= 11 is 0. The lowest BCUT2D eigenvalue weighted by Gasteiger charge is -2.24. The number of hydrogen-bond donors (Lipinski definition) is 1. The van der Waals surface area contributed by atoms with Crippen LogP contribution in [0.15, 0.2) is 30.3 Å². The van der Waals surface area contributed by atoms with Crippen LogP contribution in [0, 0.1) is 5.92 Å². The fourth-order valence-electron chi connectivity index (χ4n) is 1.94. The van der Waals surface area contributed by atoms with E-state index in [1.807, 2.05) is 30.3 Å². The number of nitrogens with one attached hydrogen (secondary N) is 1. The van der Waals surface area contributed by atoms with E-state index in [0.29, 0.717) is 12.3 Å². The molecule has 1 fully saturated rings. The maximum Gasteiger partial charge on any atom is 0.164 e. The second-order valence-electron chi connectivity index (χ2n) is 4.43. The minimum atomic E-state index is -0.281. The van der Waals surface area contributed by atoms with Crippen molar-refractivity contribution in [3.63, 3.8) is 0 Å². The second kappa shape index (κ2) is 5.12.